The van der Waals surface area contributed by atoms with Gasteiger partial charge in [-0.3, -0.25) is 0 Å². The van der Waals surface area contributed by atoms with Gasteiger partial charge in [0.25, 0.3) is 0 Å². The summed E-state index contributed by atoms with van der Waals surface area (Å²) >= 11 is 0. The highest BCUT2D eigenvalue weighted by Crippen LogP contribution is 2.17. The van der Waals surface area contributed by atoms with Gasteiger partial charge in [0.2, 0.25) is 0 Å². The van der Waals surface area contributed by atoms with Crippen molar-refractivity contribution in [2.24, 2.45) is 0 Å². The van der Waals surface area contributed by atoms with E-state index < -0.39 is 30.4 Å². The van der Waals surface area contributed by atoms with Gasteiger partial charge in [0.05, 0.1) is 0 Å². The zero-order valence-corrected chi connectivity index (χ0v) is 5.95. The molecule has 12 heavy (non-hydrogen) atoms. The van der Waals surface area contributed by atoms with Crippen LogP contribution in [0.25, 0.3) is 0 Å². The van der Waals surface area contributed by atoms with Gasteiger partial charge in [0, 0.05) is 0 Å². The maximum atomic E-state index is 10.6. The first-order valence-corrected chi connectivity index (χ1v) is 3.28. The Morgan fingerprint density at radius 3 is 2.42 bits per heavy atom. The number of carbonyl (C=O) groups is 2. The van der Waals surface area contributed by atoms with Gasteiger partial charge in [-0.05, 0) is 0 Å². The van der Waals surface area contributed by atoms with E-state index in [4.69, 9.17) is 15.3 Å². The van der Waals surface area contributed by atoms with Gasteiger partial charge in [-0.2, -0.15) is 0 Å². The number of cyclic esters (lactones) is 1. The van der Waals surface area contributed by atoms with E-state index in [1.807, 2.05) is 0 Å². The van der Waals surface area contributed by atoms with Crippen molar-refractivity contribution >= 4 is 12.3 Å². The third kappa shape index (κ3) is 1.31. The molecular weight excluding hydrogens is 168 g/mol. The normalized spacial score (nSPS) is 37.6. The predicted molar refractivity (Wildman–Crippen MR) is 34.0 cm³/mol. The molecule has 1 aliphatic heterocycles. The summed E-state index contributed by atoms with van der Waals surface area (Å²) in [5.41, 5.74) is 0. The molecule has 0 spiro atoms. The Balaban J connectivity index is 2.70. The lowest BCUT2D eigenvalue weighted by molar-refractivity contribution is -0.151. The number of aldehydes is 1. The second kappa shape index (κ2) is 3.18. The highest BCUT2D eigenvalue weighted by molar-refractivity contribution is 5.78. The van der Waals surface area contributed by atoms with E-state index in [1.165, 1.54) is 0 Å². The predicted octanol–water partition coefficient (Wildman–Crippen LogP) is -2.81. The number of rotatable bonds is 2. The van der Waals surface area contributed by atoms with Gasteiger partial charge in [-0.1, -0.05) is 0 Å². The van der Waals surface area contributed by atoms with Gasteiger partial charge in [0.1, 0.15) is 12.2 Å². The summed E-state index contributed by atoms with van der Waals surface area (Å²) in [4.78, 5) is 20.6. The molecule has 4 atom stereocenters. The number of aliphatic hydroxyl groups is 3. The minimum Gasteiger partial charge on any atom is -0.454 e. The van der Waals surface area contributed by atoms with Crippen LogP contribution in [0.1, 0.15) is 0 Å². The molecule has 0 radical (unpaired) electrons. The van der Waals surface area contributed by atoms with Crippen molar-refractivity contribution in [3.63, 3.8) is 0 Å². The van der Waals surface area contributed by atoms with Crippen LogP contribution in [0.5, 0.6) is 0 Å². The van der Waals surface area contributed by atoms with Crippen LogP contribution in [0.15, 0.2) is 0 Å². The number of hydrogen-bond donors (Lipinski definition) is 3. The van der Waals surface area contributed by atoms with Crippen molar-refractivity contribution in [2.45, 2.75) is 24.4 Å². The van der Waals surface area contributed by atoms with Gasteiger partial charge in [-0.25, -0.2) is 4.79 Å². The average Bonchev–Trinajstić information content (AvgIpc) is 2.32. The van der Waals surface area contributed by atoms with Crippen LogP contribution in [0.2, 0.25) is 0 Å². The van der Waals surface area contributed by atoms with E-state index in [2.05, 4.69) is 4.74 Å². The van der Waals surface area contributed by atoms with Crippen LogP contribution < -0.4 is 0 Å². The summed E-state index contributed by atoms with van der Waals surface area (Å²) in [7, 11) is 0. The number of aliphatic hydroxyl groups excluding tert-OH is 3. The lowest BCUT2D eigenvalue weighted by Gasteiger charge is -2.14. The molecule has 1 saturated heterocycles. The molecule has 1 aliphatic rings. The quantitative estimate of drug-likeness (QED) is 0.310. The van der Waals surface area contributed by atoms with Crippen molar-refractivity contribution < 1.29 is 29.6 Å². The molecule has 6 nitrogen and oxygen atoms in total. The summed E-state index contributed by atoms with van der Waals surface area (Å²) < 4.78 is 4.32. The number of hydrogen-bond acceptors (Lipinski definition) is 6. The van der Waals surface area contributed by atoms with Gasteiger partial charge in [0.15, 0.2) is 18.5 Å². The topological polar surface area (TPSA) is 104 Å². The van der Waals surface area contributed by atoms with Crippen molar-refractivity contribution in [1.82, 2.24) is 0 Å². The fraction of sp³-hybridized carbons (Fsp3) is 0.667. The number of esters is 1. The molecule has 0 amide bonds. The molecule has 0 saturated carbocycles. The molecule has 0 bridgehead atoms. The maximum Gasteiger partial charge on any atom is 0.338 e. The molecule has 0 aromatic heterocycles. The van der Waals surface area contributed by atoms with Crippen molar-refractivity contribution in [3.8, 4) is 0 Å². The molecule has 1 fully saturated rings. The van der Waals surface area contributed by atoms with Gasteiger partial charge >= 0.3 is 5.97 Å². The lowest BCUT2D eigenvalue weighted by atomic mass is 10.1. The molecule has 0 aromatic rings. The highest BCUT2D eigenvalue weighted by atomic mass is 16.6. The number of carbonyl (C=O) groups excluding carboxylic acids is 2. The molecule has 2 unspecified atom stereocenters. The second-order valence-corrected chi connectivity index (χ2v) is 2.46. The molecule has 6 heteroatoms. The Labute approximate surface area is 67.4 Å². The Morgan fingerprint density at radius 2 is 2.08 bits per heavy atom. The zero-order valence-electron chi connectivity index (χ0n) is 5.95. The van der Waals surface area contributed by atoms with E-state index in [-0.39, 0.29) is 6.29 Å². The minimum atomic E-state index is -1.68. The highest BCUT2D eigenvalue weighted by Gasteiger charge is 2.46. The monoisotopic (exact) mass is 176 g/mol. The largest absolute Gasteiger partial charge is 0.454 e. The number of ether oxygens (including phenoxy) is 1. The molecule has 1 heterocycles. The fourth-order valence-electron chi connectivity index (χ4n) is 0.942. The van der Waals surface area contributed by atoms with Crippen LogP contribution in [-0.2, 0) is 14.3 Å². The summed E-state index contributed by atoms with van der Waals surface area (Å²) in [6.07, 6.45) is -6.05. The summed E-state index contributed by atoms with van der Waals surface area (Å²) in [5, 5.41) is 26.7. The Hall–Kier alpha value is -0.980. The van der Waals surface area contributed by atoms with Crippen LogP contribution in [0, 0.1) is 0 Å². The first-order chi connectivity index (χ1) is 5.57. The van der Waals surface area contributed by atoms with Gasteiger partial charge < -0.3 is 24.9 Å². The molecule has 0 aliphatic carbocycles. The Morgan fingerprint density at radius 1 is 1.50 bits per heavy atom. The Kier molecular flexibility index (Phi) is 2.41. The van der Waals surface area contributed by atoms with E-state index in [0.29, 0.717) is 0 Å². The van der Waals surface area contributed by atoms with Crippen molar-refractivity contribution in [3.05, 3.63) is 0 Å². The summed E-state index contributed by atoms with van der Waals surface area (Å²) in [5.74, 6) is -1.03. The van der Waals surface area contributed by atoms with Crippen LogP contribution in [0.4, 0.5) is 0 Å². The summed E-state index contributed by atoms with van der Waals surface area (Å²) in [6, 6.07) is 0. The smallest absolute Gasteiger partial charge is 0.338 e. The standard InChI is InChI=1S/C6H8O6/c7-1-2(8)5-3(9)4(10)6(11)12-5/h1-5,8-10H/t2?,3-,4+,5?/m1/s1. The Bertz CT molecular complexity index is 202. The molecular formula is C6H8O6. The van der Waals surface area contributed by atoms with Gasteiger partial charge in [-0.15, -0.1) is 0 Å². The van der Waals surface area contributed by atoms with Crippen LogP contribution >= 0.6 is 0 Å². The SMILES string of the molecule is O=CC(O)C1OC(=O)[C@@H](O)[C@H]1O. The molecule has 68 valence electrons. The van der Waals surface area contributed by atoms with E-state index in [0.717, 1.165) is 0 Å². The first-order valence-electron chi connectivity index (χ1n) is 3.28. The third-order valence-electron chi connectivity index (χ3n) is 1.63. The van der Waals surface area contributed by atoms with E-state index in [9.17, 15) is 9.59 Å². The van der Waals surface area contributed by atoms with Crippen LogP contribution in [0.3, 0.4) is 0 Å². The molecule has 1 rings (SSSR count). The summed E-state index contributed by atoms with van der Waals surface area (Å²) in [6.45, 7) is 0. The third-order valence-corrected chi connectivity index (χ3v) is 1.63. The zero-order chi connectivity index (χ0) is 9.30. The average molecular weight is 176 g/mol. The van der Waals surface area contributed by atoms with E-state index in [1.54, 1.807) is 0 Å². The van der Waals surface area contributed by atoms with Crippen molar-refractivity contribution in [2.75, 3.05) is 0 Å². The molecule has 0 aromatic carbocycles. The lowest BCUT2D eigenvalue weighted by Crippen LogP contribution is -2.39. The molecule has 3 N–H and O–H groups in total. The second-order valence-electron chi connectivity index (χ2n) is 2.46. The first kappa shape index (κ1) is 9.11. The van der Waals surface area contributed by atoms with Crippen molar-refractivity contribution in [1.29, 1.82) is 0 Å². The van der Waals surface area contributed by atoms with E-state index >= 15 is 0 Å². The fourth-order valence-corrected chi connectivity index (χ4v) is 0.942. The maximum absolute atomic E-state index is 10.6. The van der Waals surface area contributed by atoms with Crippen LogP contribution in [-0.4, -0.2) is 52.0 Å². The minimum absolute atomic E-state index is 0.124.